The zero-order valence-electron chi connectivity index (χ0n) is 14.2. The maximum Gasteiger partial charge on any atom is 0.0827 e. The van der Waals surface area contributed by atoms with Crippen LogP contribution in [0.25, 0.3) is 0 Å². The van der Waals surface area contributed by atoms with E-state index in [2.05, 4.69) is 35.0 Å². The molecular weight excluding hydrogens is 270 g/mol. The van der Waals surface area contributed by atoms with E-state index in [0.29, 0.717) is 0 Å². The highest BCUT2D eigenvalue weighted by Crippen LogP contribution is 2.57. The van der Waals surface area contributed by atoms with Crippen LogP contribution in [-0.4, -0.2) is 15.0 Å². The number of nitrogens with zero attached hydrogens (tertiary/aromatic N) is 3. The molecule has 0 amide bonds. The van der Waals surface area contributed by atoms with Gasteiger partial charge in [-0.25, -0.2) is 0 Å². The molecule has 1 aromatic rings. The molecule has 122 valence electrons. The van der Waals surface area contributed by atoms with Crippen LogP contribution in [0.5, 0.6) is 0 Å². The van der Waals surface area contributed by atoms with Crippen molar-refractivity contribution in [2.45, 2.75) is 71.8 Å². The van der Waals surface area contributed by atoms with Crippen molar-refractivity contribution in [3.8, 4) is 0 Å². The van der Waals surface area contributed by atoms with Gasteiger partial charge in [-0.15, -0.1) is 5.10 Å². The number of aromatic nitrogens is 3. The first kappa shape index (κ1) is 14.7. The molecule has 0 N–H and O–H groups in total. The van der Waals surface area contributed by atoms with Gasteiger partial charge in [0.25, 0.3) is 0 Å². The average molecular weight is 301 g/mol. The average Bonchev–Trinajstić information content (AvgIpc) is 2.91. The highest BCUT2D eigenvalue weighted by molar-refractivity contribution is 4.98. The first-order valence-corrected chi connectivity index (χ1v) is 9.56. The van der Waals surface area contributed by atoms with E-state index in [0.717, 1.165) is 48.5 Å². The summed E-state index contributed by atoms with van der Waals surface area (Å²) in [6, 6.07) is 0. The van der Waals surface area contributed by atoms with Crippen molar-refractivity contribution in [2.24, 2.45) is 35.5 Å². The minimum Gasteiger partial charge on any atom is -0.252 e. The SMILES string of the molecule is CC(C)CCc1cn(CCC2C3CC4CC(C3)CC2C4)nn1. The maximum absolute atomic E-state index is 4.36. The van der Waals surface area contributed by atoms with Crippen LogP contribution in [0.4, 0.5) is 0 Å². The summed E-state index contributed by atoms with van der Waals surface area (Å²) >= 11 is 0. The lowest BCUT2D eigenvalue weighted by atomic mass is 9.51. The van der Waals surface area contributed by atoms with E-state index >= 15 is 0 Å². The second kappa shape index (κ2) is 5.98. The Bertz CT molecular complexity index is 477. The molecule has 0 unspecified atom stereocenters. The van der Waals surface area contributed by atoms with Crippen molar-refractivity contribution in [3.05, 3.63) is 11.9 Å². The molecule has 0 radical (unpaired) electrons. The van der Waals surface area contributed by atoms with Gasteiger partial charge in [-0.05, 0) is 86.9 Å². The van der Waals surface area contributed by atoms with Crippen molar-refractivity contribution in [1.82, 2.24) is 15.0 Å². The van der Waals surface area contributed by atoms with Gasteiger partial charge in [0.15, 0.2) is 0 Å². The van der Waals surface area contributed by atoms with Crippen molar-refractivity contribution in [2.75, 3.05) is 0 Å². The van der Waals surface area contributed by atoms with Crippen molar-refractivity contribution < 1.29 is 0 Å². The van der Waals surface area contributed by atoms with Gasteiger partial charge < -0.3 is 0 Å². The topological polar surface area (TPSA) is 30.7 Å². The fourth-order valence-electron chi connectivity index (χ4n) is 5.79. The van der Waals surface area contributed by atoms with Crippen LogP contribution >= 0.6 is 0 Å². The summed E-state index contributed by atoms with van der Waals surface area (Å²) in [7, 11) is 0. The fraction of sp³-hybridized carbons (Fsp3) is 0.895. The quantitative estimate of drug-likeness (QED) is 0.783. The summed E-state index contributed by atoms with van der Waals surface area (Å²) in [5.74, 6) is 6.00. The lowest BCUT2D eigenvalue weighted by Crippen LogP contribution is -2.45. The molecule has 0 saturated heterocycles. The third-order valence-corrected chi connectivity index (χ3v) is 6.68. The highest BCUT2D eigenvalue weighted by Gasteiger charge is 2.47. The summed E-state index contributed by atoms with van der Waals surface area (Å²) in [6.45, 7) is 5.63. The van der Waals surface area contributed by atoms with Gasteiger partial charge in [-0.2, -0.15) is 0 Å². The summed E-state index contributed by atoms with van der Waals surface area (Å²) in [6.07, 6.45) is 13.5. The number of aryl methyl sites for hydroxylation is 2. The molecule has 0 aliphatic heterocycles. The minimum atomic E-state index is 0.748. The second-order valence-corrected chi connectivity index (χ2v) is 8.79. The van der Waals surface area contributed by atoms with Crippen LogP contribution in [0.3, 0.4) is 0 Å². The number of rotatable bonds is 6. The van der Waals surface area contributed by atoms with Crippen LogP contribution in [0.1, 0.15) is 64.5 Å². The summed E-state index contributed by atoms with van der Waals surface area (Å²) < 4.78 is 2.11. The molecule has 4 aliphatic carbocycles. The third kappa shape index (κ3) is 2.96. The molecule has 1 heterocycles. The minimum absolute atomic E-state index is 0.748. The monoisotopic (exact) mass is 301 g/mol. The van der Waals surface area contributed by atoms with Gasteiger partial charge in [0.2, 0.25) is 0 Å². The first-order valence-electron chi connectivity index (χ1n) is 9.56. The van der Waals surface area contributed by atoms with Crippen molar-refractivity contribution in [1.29, 1.82) is 0 Å². The largest absolute Gasteiger partial charge is 0.252 e. The predicted molar refractivity (Wildman–Crippen MR) is 88.3 cm³/mol. The number of hydrogen-bond acceptors (Lipinski definition) is 2. The molecule has 0 atom stereocenters. The summed E-state index contributed by atoms with van der Waals surface area (Å²) in [4.78, 5) is 0. The van der Waals surface area contributed by atoms with Crippen molar-refractivity contribution >= 4 is 0 Å². The van der Waals surface area contributed by atoms with Gasteiger partial charge in [0.05, 0.1) is 5.69 Å². The Morgan fingerprint density at radius 3 is 2.41 bits per heavy atom. The molecule has 0 aromatic carbocycles. The van der Waals surface area contributed by atoms with Crippen LogP contribution in [-0.2, 0) is 13.0 Å². The van der Waals surface area contributed by atoms with Gasteiger partial charge in [-0.1, -0.05) is 19.1 Å². The highest BCUT2D eigenvalue weighted by atomic mass is 15.4. The molecule has 0 spiro atoms. The van der Waals surface area contributed by atoms with E-state index in [1.54, 1.807) is 6.42 Å². The zero-order valence-corrected chi connectivity index (χ0v) is 14.2. The Labute approximate surface area is 134 Å². The van der Waals surface area contributed by atoms with E-state index in [-0.39, 0.29) is 0 Å². The molecule has 4 bridgehead atoms. The molecule has 1 aromatic heterocycles. The molecule has 3 nitrogen and oxygen atoms in total. The van der Waals surface area contributed by atoms with E-state index in [1.165, 1.54) is 44.2 Å². The first-order chi connectivity index (χ1) is 10.7. The molecule has 22 heavy (non-hydrogen) atoms. The van der Waals surface area contributed by atoms with Gasteiger partial charge >= 0.3 is 0 Å². The van der Waals surface area contributed by atoms with Crippen molar-refractivity contribution in [3.63, 3.8) is 0 Å². The Kier molecular flexibility index (Phi) is 4.00. The van der Waals surface area contributed by atoms with Gasteiger partial charge in [0, 0.05) is 12.7 Å². The molecule has 4 fully saturated rings. The molecular formula is C19H31N3. The van der Waals surface area contributed by atoms with Gasteiger partial charge in [-0.3, -0.25) is 4.68 Å². The van der Waals surface area contributed by atoms with Crippen LogP contribution < -0.4 is 0 Å². The normalized spacial score (nSPS) is 36.4. The second-order valence-electron chi connectivity index (χ2n) is 8.79. The van der Waals surface area contributed by atoms with Gasteiger partial charge in [0.1, 0.15) is 0 Å². The summed E-state index contributed by atoms with van der Waals surface area (Å²) in [5.41, 5.74) is 1.18. The Morgan fingerprint density at radius 2 is 1.77 bits per heavy atom. The van der Waals surface area contributed by atoms with E-state index in [9.17, 15) is 0 Å². The number of hydrogen-bond donors (Lipinski definition) is 0. The van der Waals surface area contributed by atoms with Crippen LogP contribution in [0.2, 0.25) is 0 Å². The van der Waals surface area contributed by atoms with Crippen LogP contribution in [0, 0.1) is 35.5 Å². The van der Waals surface area contributed by atoms with E-state index < -0.39 is 0 Å². The lowest BCUT2D eigenvalue weighted by molar-refractivity contribution is -0.0414. The lowest BCUT2D eigenvalue weighted by Gasteiger charge is -2.54. The fourth-order valence-corrected chi connectivity index (χ4v) is 5.79. The zero-order chi connectivity index (χ0) is 15.1. The standard InChI is InChI=1S/C19H31N3/c1-13(2)3-4-18-12-22(21-20-18)6-5-19-16-8-14-7-15(10-16)11-17(19)9-14/h12-17,19H,3-11H2,1-2H3. The summed E-state index contributed by atoms with van der Waals surface area (Å²) in [5, 5.41) is 8.72. The molecule has 4 saturated carbocycles. The molecule has 4 aliphatic rings. The third-order valence-electron chi connectivity index (χ3n) is 6.68. The molecule has 3 heteroatoms. The Hall–Kier alpha value is -0.860. The smallest absolute Gasteiger partial charge is 0.0827 e. The maximum atomic E-state index is 4.36. The van der Waals surface area contributed by atoms with E-state index in [4.69, 9.17) is 0 Å². The van der Waals surface area contributed by atoms with E-state index in [1.807, 2.05) is 0 Å². The predicted octanol–water partition coefficient (Wildman–Crippen LogP) is 4.33. The Balaban J connectivity index is 1.31. The molecule has 5 rings (SSSR count). The Morgan fingerprint density at radius 1 is 1.09 bits per heavy atom. The van der Waals surface area contributed by atoms with Crippen LogP contribution in [0.15, 0.2) is 6.20 Å².